The average Bonchev–Trinajstić information content (AvgIpc) is 3.61. The van der Waals surface area contributed by atoms with Crippen molar-refractivity contribution in [2.24, 2.45) is 4.99 Å². The van der Waals surface area contributed by atoms with E-state index in [4.69, 9.17) is 14.2 Å². The van der Waals surface area contributed by atoms with Gasteiger partial charge in [-0.05, 0) is 95.4 Å². The van der Waals surface area contributed by atoms with Crippen LogP contribution in [0.25, 0.3) is 0 Å². The highest BCUT2D eigenvalue weighted by Gasteiger charge is 2.41. The molecule has 1 atom stereocenters. The Hall–Kier alpha value is -4.17. The average molecular weight is 716 g/mol. The number of amides is 1. The first-order chi connectivity index (χ1) is 25.0. The summed E-state index contributed by atoms with van der Waals surface area (Å²) >= 11 is 0. The summed E-state index contributed by atoms with van der Waals surface area (Å²) in [7, 11) is 4.71. The molecule has 1 fully saturated rings. The van der Waals surface area contributed by atoms with E-state index in [0.717, 1.165) is 56.8 Å². The number of nitrogens with zero attached hydrogens (tertiary/aromatic N) is 3. The van der Waals surface area contributed by atoms with E-state index in [1.54, 1.807) is 33.5 Å². The number of para-hydroxylation sites is 1. The molecule has 0 radical (unpaired) electrons. The number of methoxy groups -OCH3 is 3. The number of aryl methyl sites for hydroxylation is 1. The molecule has 1 aliphatic heterocycles. The summed E-state index contributed by atoms with van der Waals surface area (Å²) in [5, 5.41) is 0. The molecule has 0 spiro atoms. The van der Waals surface area contributed by atoms with Crippen LogP contribution in [0.5, 0.6) is 17.2 Å². The normalized spacial score (nSPS) is 14.8. The van der Waals surface area contributed by atoms with E-state index in [2.05, 4.69) is 67.1 Å². The zero-order chi connectivity index (χ0) is 38.5. The van der Waals surface area contributed by atoms with E-state index in [9.17, 15) is 9.59 Å². The molecule has 1 unspecified atom stereocenters. The van der Waals surface area contributed by atoms with Crippen LogP contribution in [0.1, 0.15) is 108 Å². The summed E-state index contributed by atoms with van der Waals surface area (Å²) in [6.07, 6.45) is 6.98. The minimum atomic E-state index is -0.0459. The Morgan fingerprint density at radius 3 is 1.92 bits per heavy atom. The summed E-state index contributed by atoms with van der Waals surface area (Å²) in [6.45, 7) is 19.1. The van der Waals surface area contributed by atoms with E-state index < -0.39 is 0 Å². The number of ketones is 1. The standard InChI is InChI=1S/C29H42N2O4.C10H13N.C5H10O/c1-6-8-17-30(16-7-2)18-14-29(24-12-10-9-11-13-24)15-19-31(22-29)28(32)23-20-25(33-3)27(35-5)26(21-23)34-4;1-8(2)11-10-7-5-4-6-9(10)3;1-3-5(6)4-2/h9-13,20-21H,6-8,14-19,22H2,1-5H3;4-7H,1-3H3;3-4H2,1-2H3. The molecular weight excluding hydrogens is 651 g/mol. The van der Waals surface area contributed by atoms with Gasteiger partial charge in [0.25, 0.3) is 5.91 Å². The predicted octanol–water partition coefficient (Wildman–Crippen LogP) is 9.88. The molecule has 0 N–H and O–H groups in total. The zero-order valence-electron chi connectivity index (χ0n) is 33.7. The molecule has 1 heterocycles. The SMILES string of the molecule is CC(C)=Nc1ccccc1C.CCC(=O)CC.CCCCN(CCC)CCC1(c2ccccc2)CCN(C(=O)c2cc(OC)c(OC)c(OC)c2)C1. The fraction of sp³-hybridized carbons (Fsp3) is 0.523. The van der Waals surface area contributed by atoms with Crippen LogP contribution in [0, 0.1) is 6.92 Å². The van der Waals surface area contributed by atoms with Crippen LogP contribution in [0.4, 0.5) is 5.69 Å². The number of hydrogen-bond acceptors (Lipinski definition) is 7. The van der Waals surface area contributed by atoms with Gasteiger partial charge in [-0.3, -0.25) is 14.6 Å². The van der Waals surface area contributed by atoms with Crippen LogP contribution in [0.2, 0.25) is 0 Å². The molecule has 3 aromatic carbocycles. The van der Waals surface area contributed by atoms with Crippen LogP contribution in [0.3, 0.4) is 0 Å². The second kappa shape index (κ2) is 23.4. The molecule has 1 aliphatic rings. The molecule has 3 aromatic rings. The molecule has 8 nitrogen and oxygen atoms in total. The third-order valence-electron chi connectivity index (χ3n) is 9.46. The van der Waals surface area contributed by atoms with E-state index in [0.29, 0.717) is 48.0 Å². The Kier molecular flexibility index (Phi) is 19.8. The lowest BCUT2D eigenvalue weighted by molar-refractivity contribution is -0.118. The third-order valence-corrected chi connectivity index (χ3v) is 9.46. The summed E-state index contributed by atoms with van der Waals surface area (Å²) in [5.74, 6) is 1.83. The maximum atomic E-state index is 13.6. The molecule has 0 aliphatic carbocycles. The minimum Gasteiger partial charge on any atom is -0.493 e. The number of benzene rings is 3. The second-order valence-electron chi connectivity index (χ2n) is 13.6. The van der Waals surface area contributed by atoms with Gasteiger partial charge in [-0.25, -0.2) is 0 Å². The summed E-state index contributed by atoms with van der Waals surface area (Å²) < 4.78 is 16.4. The van der Waals surface area contributed by atoms with Gasteiger partial charge in [0.1, 0.15) is 5.78 Å². The first-order valence-corrected chi connectivity index (χ1v) is 19.0. The highest BCUT2D eigenvalue weighted by Crippen LogP contribution is 2.41. The largest absolute Gasteiger partial charge is 0.493 e. The van der Waals surface area contributed by atoms with Gasteiger partial charge >= 0.3 is 0 Å². The van der Waals surface area contributed by atoms with Crippen molar-refractivity contribution < 1.29 is 23.8 Å². The van der Waals surface area contributed by atoms with Gasteiger partial charge in [-0.1, -0.05) is 82.6 Å². The second-order valence-corrected chi connectivity index (χ2v) is 13.6. The van der Waals surface area contributed by atoms with Crippen molar-refractivity contribution in [1.29, 1.82) is 0 Å². The van der Waals surface area contributed by atoms with Crippen LogP contribution in [-0.2, 0) is 10.2 Å². The molecule has 4 rings (SSSR count). The van der Waals surface area contributed by atoms with Gasteiger partial charge in [0, 0.05) is 42.6 Å². The topological polar surface area (TPSA) is 80.7 Å². The fourth-order valence-corrected chi connectivity index (χ4v) is 6.39. The lowest BCUT2D eigenvalue weighted by Gasteiger charge is -2.33. The van der Waals surface area contributed by atoms with E-state index in [1.165, 1.54) is 24.0 Å². The highest BCUT2D eigenvalue weighted by atomic mass is 16.5. The lowest BCUT2D eigenvalue weighted by Crippen LogP contribution is -2.38. The monoisotopic (exact) mass is 715 g/mol. The fourth-order valence-electron chi connectivity index (χ4n) is 6.39. The van der Waals surface area contributed by atoms with Crippen molar-refractivity contribution in [2.75, 3.05) is 54.1 Å². The van der Waals surface area contributed by atoms with Crippen molar-refractivity contribution in [3.8, 4) is 17.2 Å². The Labute approximate surface area is 314 Å². The van der Waals surface area contributed by atoms with Crippen LogP contribution < -0.4 is 14.2 Å². The van der Waals surface area contributed by atoms with Gasteiger partial charge < -0.3 is 24.0 Å². The van der Waals surface area contributed by atoms with Crippen molar-refractivity contribution in [3.05, 3.63) is 83.4 Å². The minimum absolute atomic E-state index is 0.00143. The van der Waals surface area contributed by atoms with Crippen molar-refractivity contribution >= 4 is 23.1 Å². The molecule has 286 valence electrons. The predicted molar refractivity (Wildman–Crippen MR) is 216 cm³/mol. The van der Waals surface area contributed by atoms with Gasteiger partial charge in [-0.2, -0.15) is 0 Å². The van der Waals surface area contributed by atoms with E-state index in [1.807, 2.05) is 50.8 Å². The first kappa shape index (κ1) is 44.0. The smallest absolute Gasteiger partial charge is 0.254 e. The van der Waals surface area contributed by atoms with Crippen LogP contribution in [-0.4, -0.2) is 81.3 Å². The van der Waals surface area contributed by atoms with E-state index in [-0.39, 0.29) is 11.3 Å². The third kappa shape index (κ3) is 13.4. The van der Waals surface area contributed by atoms with Crippen molar-refractivity contribution in [3.63, 3.8) is 0 Å². The molecule has 0 saturated carbocycles. The zero-order valence-corrected chi connectivity index (χ0v) is 33.7. The van der Waals surface area contributed by atoms with Crippen molar-refractivity contribution in [1.82, 2.24) is 9.80 Å². The van der Waals surface area contributed by atoms with E-state index >= 15 is 0 Å². The number of aliphatic imine (C=N–C) groups is 1. The summed E-state index contributed by atoms with van der Waals surface area (Å²) in [5.41, 5.74) is 5.24. The number of carbonyl (C=O) groups excluding carboxylic acids is 2. The van der Waals surface area contributed by atoms with Gasteiger partial charge in [-0.15, -0.1) is 0 Å². The number of ether oxygens (including phenoxy) is 3. The molecule has 1 amide bonds. The van der Waals surface area contributed by atoms with Gasteiger partial charge in [0.05, 0.1) is 27.0 Å². The number of carbonyl (C=O) groups is 2. The summed E-state index contributed by atoms with van der Waals surface area (Å²) in [6, 6.07) is 22.4. The van der Waals surface area contributed by atoms with Crippen LogP contribution >= 0.6 is 0 Å². The lowest BCUT2D eigenvalue weighted by atomic mass is 9.76. The van der Waals surface area contributed by atoms with Crippen LogP contribution in [0.15, 0.2) is 71.7 Å². The molecular formula is C44H65N3O5. The quantitative estimate of drug-likeness (QED) is 0.137. The number of rotatable bonds is 16. The highest BCUT2D eigenvalue weighted by molar-refractivity contribution is 5.96. The Balaban J connectivity index is 0.000000451. The molecule has 8 heteroatoms. The number of Topliss-reactive ketones (excluding diaryl/α,β-unsaturated/α-hetero) is 1. The first-order valence-electron chi connectivity index (χ1n) is 19.0. The van der Waals surface area contributed by atoms with Gasteiger partial charge in [0.2, 0.25) is 5.75 Å². The number of unbranched alkanes of at least 4 members (excludes halogenated alkanes) is 1. The molecule has 0 aromatic heterocycles. The molecule has 1 saturated heterocycles. The van der Waals surface area contributed by atoms with Crippen molar-refractivity contribution in [2.45, 2.75) is 98.8 Å². The summed E-state index contributed by atoms with van der Waals surface area (Å²) in [4.78, 5) is 32.8. The Bertz CT molecular complexity index is 1500. The maximum absolute atomic E-state index is 13.6. The Morgan fingerprint density at radius 2 is 1.42 bits per heavy atom. The number of likely N-dealkylation sites (tertiary alicyclic amines) is 1. The molecule has 52 heavy (non-hydrogen) atoms. The number of hydrogen-bond donors (Lipinski definition) is 0. The molecule has 0 bridgehead atoms. The maximum Gasteiger partial charge on any atom is 0.254 e. The van der Waals surface area contributed by atoms with Gasteiger partial charge in [0.15, 0.2) is 11.5 Å². The Morgan fingerprint density at radius 1 is 0.808 bits per heavy atom.